The predicted molar refractivity (Wildman–Crippen MR) is 59.9 cm³/mol. The van der Waals surface area contributed by atoms with E-state index in [-0.39, 0.29) is 6.04 Å². The van der Waals surface area contributed by atoms with Crippen LogP contribution in [0.15, 0.2) is 18.3 Å². The van der Waals surface area contributed by atoms with Crippen LogP contribution in [0, 0.1) is 12.3 Å². The molecule has 0 saturated carbocycles. The average Bonchev–Trinajstić information content (AvgIpc) is 2.62. The Morgan fingerprint density at radius 3 is 3.07 bits per heavy atom. The lowest BCUT2D eigenvalue weighted by molar-refractivity contribution is 0.585. The number of hydrogen-bond acceptors (Lipinski definition) is 1. The van der Waals surface area contributed by atoms with Crippen LogP contribution in [-0.2, 0) is 13.1 Å². The van der Waals surface area contributed by atoms with Crippen LogP contribution in [-0.4, -0.2) is 10.6 Å². The van der Waals surface area contributed by atoms with Crippen molar-refractivity contribution in [2.75, 3.05) is 0 Å². The minimum Gasteiger partial charge on any atom is -0.350 e. The Balaban J connectivity index is 2.50. The summed E-state index contributed by atoms with van der Waals surface area (Å²) in [5.74, 6) is 2.66. The Morgan fingerprint density at radius 1 is 1.64 bits per heavy atom. The third-order valence-electron chi connectivity index (χ3n) is 2.23. The number of rotatable bonds is 5. The number of hydrogen-bond donors (Lipinski definition) is 1. The average molecular weight is 190 g/mol. The van der Waals surface area contributed by atoms with Gasteiger partial charge in [-0.25, -0.2) is 0 Å². The third-order valence-corrected chi connectivity index (χ3v) is 2.23. The summed E-state index contributed by atoms with van der Waals surface area (Å²) in [6.07, 6.45) is 8.56. The second-order valence-corrected chi connectivity index (χ2v) is 3.46. The molecule has 0 aliphatic heterocycles. The molecule has 1 N–H and O–H groups in total. The van der Waals surface area contributed by atoms with Crippen LogP contribution in [0.4, 0.5) is 0 Å². The molecule has 0 aromatic carbocycles. The monoisotopic (exact) mass is 190 g/mol. The highest BCUT2D eigenvalue weighted by Crippen LogP contribution is 2.03. The number of aryl methyl sites for hydroxylation is 1. The second-order valence-electron chi connectivity index (χ2n) is 3.46. The molecule has 0 spiro atoms. The van der Waals surface area contributed by atoms with E-state index in [9.17, 15) is 0 Å². The van der Waals surface area contributed by atoms with Crippen molar-refractivity contribution in [2.45, 2.75) is 39.4 Å². The normalized spacial score (nSPS) is 12.4. The summed E-state index contributed by atoms with van der Waals surface area (Å²) < 4.78 is 2.26. The molecule has 2 nitrogen and oxygen atoms in total. The van der Waals surface area contributed by atoms with Gasteiger partial charge in [0.1, 0.15) is 0 Å². The number of nitrogens with zero attached hydrogens (tertiary/aromatic N) is 1. The van der Waals surface area contributed by atoms with Gasteiger partial charge >= 0.3 is 0 Å². The van der Waals surface area contributed by atoms with Crippen LogP contribution < -0.4 is 5.32 Å². The molecule has 1 heterocycles. The summed E-state index contributed by atoms with van der Waals surface area (Å²) in [6.45, 7) is 6.10. The molecule has 0 aliphatic rings. The Morgan fingerprint density at radius 2 is 2.43 bits per heavy atom. The number of aromatic nitrogens is 1. The zero-order valence-electron chi connectivity index (χ0n) is 8.96. The predicted octanol–water partition coefficient (Wildman–Crippen LogP) is 2.01. The van der Waals surface area contributed by atoms with Crippen LogP contribution >= 0.6 is 0 Å². The van der Waals surface area contributed by atoms with E-state index in [4.69, 9.17) is 6.42 Å². The van der Waals surface area contributed by atoms with Gasteiger partial charge in [-0.1, -0.05) is 12.8 Å². The highest BCUT2D eigenvalue weighted by atomic mass is 15.0. The van der Waals surface area contributed by atoms with Gasteiger partial charge in [-0.2, -0.15) is 0 Å². The van der Waals surface area contributed by atoms with Gasteiger partial charge in [0, 0.05) is 25.0 Å². The van der Waals surface area contributed by atoms with E-state index in [0.717, 1.165) is 19.5 Å². The molecule has 0 aliphatic carbocycles. The van der Waals surface area contributed by atoms with Crippen molar-refractivity contribution in [1.29, 1.82) is 0 Å². The van der Waals surface area contributed by atoms with Crippen molar-refractivity contribution in [2.24, 2.45) is 0 Å². The summed E-state index contributed by atoms with van der Waals surface area (Å²) in [6, 6.07) is 4.35. The van der Waals surface area contributed by atoms with E-state index in [1.54, 1.807) is 0 Å². The number of nitrogens with one attached hydrogen (secondary N) is 1. The maximum atomic E-state index is 5.29. The van der Waals surface area contributed by atoms with E-state index in [1.165, 1.54) is 5.69 Å². The lowest BCUT2D eigenvalue weighted by Gasteiger charge is -2.10. The molecule has 0 radical (unpaired) electrons. The molecule has 14 heavy (non-hydrogen) atoms. The van der Waals surface area contributed by atoms with Crippen molar-refractivity contribution >= 4 is 0 Å². The van der Waals surface area contributed by atoms with Crippen LogP contribution in [0.25, 0.3) is 0 Å². The largest absolute Gasteiger partial charge is 0.350 e. The van der Waals surface area contributed by atoms with Gasteiger partial charge in [-0.15, -0.1) is 6.42 Å². The Kier molecular flexibility index (Phi) is 4.28. The SMILES string of the molecule is C#CC(C)NCc1cccn1CCC. The maximum absolute atomic E-state index is 5.29. The van der Waals surface area contributed by atoms with E-state index >= 15 is 0 Å². The standard InChI is InChI=1S/C12H18N2/c1-4-8-14-9-6-7-12(14)10-13-11(3)5-2/h2,6-7,9,11,13H,4,8,10H2,1,3H3. The minimum absolute atomic E-state index is 0.139. The first-order chi connectivity index (χ1) is 6.77. The van der Waals surface area contributed by atoms with Crippen molar-refractivity contribution in [3.63, 3.8) is 0 Å². The Hall–Kier alpha value is -1.20. The molecule has 1 rings (SSSR count). The Labute approximate surface area is 86.3 Å². The summed E-state index contributed by atoms with van der Waals surface area (Å²) in [7, 11) is 0. The summed E-state index contributed by atoms with van der Waals surface area (Å²) >= 11 is 0. The zero-order valence-corrected chi connectivity index (χ0v) is 8.96. The third kappa shape index (κ3) is 2.93. The van der Waals surface area contributed by atoms with Gasteiger partial charge in [0.2, 0.25) is 0 Å². The summed E-state index contributed by atoms with van der Waals surface area (Å²) in [4.78, 5) is 0. The fourth-order valence-electron chi connectivity index (χ4n) is 1.39. The first-order valence-electron chi connectivity index (χ1n) is 5.11. The molecule has 1 unspecified atom stereocenters. The van der Waals surface area contributed by atoms with Crippen molar-refractivity contribution in [1.82, 2.24) is 9.88 Å². The molecule has 76 valence electrons. The first kappa shape index (κ1) is 10.9. The second kappa shape index (κ2) is 5.51. The quantitative estimate of drug-likeness (QED) is 0.703. The number of terminal acetylenes is 1. The lowest BCUT2D eigenvalue weighted by Crippen LogP contribution is -2.24. The molecule has 1 aromatic rings. The molecule has 0 bridgehead atoms. The van der Waals surface area contributed by atoms with Crippen molar-refractivity contribution < 1.29 is 0 Å². The molecule has 1 atom stereocenters. The van der Waals surface area contributed by atoms with Gasteiger partial charge in [0.25, 0.3) is 0 Å². The lowest BCUT2D eigenvalue weighted by atomic mass is 10.3. The molecule has 0 amide bonds. The molecule has 1 aromatic heterocycles. The van der Waals surface area contributed by atoms with Crippen molar-refractivity contribution in [3.8, 4) is 12.3 Å². The molecular formula is C12H18N2. The topological polar surface area (TPSA) is 17.0 Å². The molecular weight excluding hydrogens is 172 g/mol. The van der Waals surface area contributed by atoms with Crippen molar-refractivity contribution in [3.05, 3.63) is 24.0 Å². The van der Waals surface area contributed by atoms with Crippen LogP contribution in [0.3, 0.4) is 0 Å². The van der Waals surface area contributed by atoms with E-state index < -0.39 is 0 Å². The Bertz CT molecular complexity index is 306. The highest BCUT2D eigenvalue weighted by Gasteiger charge is 2.01. The van der Waals surface area contributed by atoms with Crippen LogP contribution in [0.1, 0.15) is 26.0 Å². The van der Waals surface area contributed by atoms with E-state index in [1.807, 2.05) is 6.92 Å². The molecule has 0 saturated heterocycles. The summed E-state index contributed by atoms with van der Waals surface area (Å²) in [5, 5.41) is 3.28. The first-order valence-corrected chi connectivity index (χ1v) is 5.11. The smallest absolute Gasteiger partial charge is 0.0661 e. The highest BCUT2D eigenvalue weighted by molar-refractivity contribution is 5.08. The van der Waals surface area contributed by atoms with Gasteiger partial charge < -0.3 is 4.57 Å². The molecule has 2 heteroatoms. The maximum Gasteiger partial charge on any atom is 0.0661 e. The van der Waals surface area contributed by atoms with Gasteiger partial charge in [-0.05, 0) is 25.5 Å². The summed E-state index contributed by atoms with van der Waals surface area (Å²) in [5.41, 5.74) is 1.30. The van der Waals surface area contributed by atoms with Gasteiger partial charge in [0.15, 0.2) is 0 Å². The van der Waals surface area contributed by atoms with E-state index in [2.05, 4.69) is 41.1 Å². The van der Waals surface area contributed by atoms with Gasteiger partial charge in [-0.3, -0.25) is 5.32 Å². The van der Waals surface area contributed by atoms with Crippen LogP contribution in [0.5, 0.6) is 0 Å². The van der Waals surface area contributed by atoms with Gasteiger partial charge in [0.05, 0.1) is 6.04 Å². The van der Waals surface area contributed by atoms with E-state index in [0.29, 0.717) is 0 Å². The zero-order chi connectivity index (χ0) is 10.4. The fraction of sp³-hybridized carbons (Fsp3) is 0.500. The minimum atomic E-state index is 0.139. The fourth-order valence-corrected chi connectivity index (χ4v) is 1.39. The molecule has 0 fully saturated rings. The van der Waals surface area contributed by atoms with Crippen LogP contribution in [0.2, 0.25) is 0 Å².